The van der Waals surface area contributed by atoms with Crippen LogP contribution in [0.1, 0.15) is 125 Å². The molecule has 0 bridgehead atoms. The highest BCUT2D eigenvalue weighted by Gasteiger charge is 2.65. The van der Waals surface area contributed by atoms with Gasteiger partial charge in [-0.3, -0.25) is 19.4 Å². The van der Waals surface area contributed by atoms with Gasteiger partial charge in [0.25, 0.3) is 0 Å². The van der Waals surface area contributed by atoms with E-state index >= 15 is 0 Å². The third-order valence-electron chi connectivity index (χ3n) is 13.5. The number of nitrogens with zero attached hydrogens (tertiary/aromatic N) is 2. The topological polar surface area (TPSA) is 59.1 Å². The summed E-state index contributed by atoms with van der Waals surface area (Å²) in [4.78, 5) is 31.0. The molecule has 6 nitrogen and oxygen atoms in total. The fraction of sp³-hybridized carbons (Fsp3) is 0.944. The molecule has 42 heavy (non-hydrogen) atoms. The van der Waals surface area contributed by atoms with Crippen LogP contribution in [0.3, 0.4) is 0 Å². The van der Waals surface area contributed by atoms with Gasteiger partial charge in [-0.05, 0) is 147 Å². The molecule has 0 aromatic heterocycles. The van der Waals surface area contributed by atoms with Crippen molar-refractivity contribution in [1.29, 1.82) is 0 Å². The van der Waals surface area contributed by atoms with E-state index in [9.17, 15) is 9.59 Å². The average Bonchev–Trinajstić information content (AvgIpc) is 3.25. The highest BCUT2D eigenvalue weighted by Crippen LogP contribution is 2.67. The summed E-state index contributed by atoms with van der Waals surface area (Å²) in [6, 6.07) is 0.712. The van der Waals surface area contributed by atoms with Crippen molar-refractivity contribution >= 4 is 11.9 Å². The first kappa shape index (κ1) is 30.9. The fourth-order valence-electron chi connectivity index (χ4n) is 11.3. The second-order valence-electron chi connectivity index (χ2n) is 16.9. The number of hydrogen-bond acceptors (Lipinski definition) is 6. The van der Waals surface area contributed by atoms with Crippen LogP contribution in [-0.4, -0.2) is 72.2 Å². The van der Waals surface area contributed by atoms with Gasteiger partial charge in [-0.2, -0.15) is 0 Å². The third-order valence-corrected chi connectivity index (χ3v) is 13.5. The Labute approximate surface area is 256 Å². The van der Waals surface area contributed by atoms with E-state index in [1.807, 2.05) is 20.8 Å². The van der Waals surface area contributed by atoms with E-state index in [1.165, 1.54) is 64.2 Å². The second-order valence-corrected chi connectivity index (χ2v) is 16.9. The van der Waals surface area contributed by atoms with E-state index < -0.39 is 5.41 Å². The van der Waals surface area contributed by atoms with E-state index in [0.29, 0.717) is 35.8 Å². The molecule has 6 fully saturated rings. The highest BCUT2D eigenvalue weighted by atomic mass is 16.6. The van der Waals surface area contributed by atoms with Crippen molar-refractivity contribution in [2.75, 3.05) is 26.2 Å². The molecule has 2 saturated heterocycles. The number of fused-ring (bicyclic) bond motifs is 5. The number of rotatable bonds is 4. The summed E-state index contributed by atoms with van der Waals surface area (Å²) < 4.78 is 12.7. The lowest BCUT2D eigenvalue weighted by Gasteiger charge is -2.62. The van der Waals surface area contributed by atoms with Crippen LogP contribution in [0.5, 0.6) is 0 Å². The summed E-state index contributed by atoms with van der Waals surface area (Å²) in [7, 11) is 0. The van der Waals surface area contributed by atoms with E-state index in [0.717, 1.165) is 45.4 Å². The summed E-state index contributed by atoms with van der Waals surface area (Å²) in [5.74, 6) is 2.50. The van der Waals surface area contributed by atoms with Crippen LogP contribution in [0, 0.1) is 39.9 Å². The first-order valence-electron chi connectivity index (χ1n) is 17.8. The first-order valence-corrected chi connectivity index (χ1v) is 17.8. The van der Waals surface area contributed by atoms with Crippen molar-refractivity contribution in [3.63, 3.8) is 0 Å². The lowest BCUT2D eigenvalue weighted by molar-refractivity contribution is -0.184. The van der Waals surface area contributed by atoms with Crippen LogP contribution in [0.25, 0.3) is 0 Å². The maximum atomic E-state index is 13.4. The number of carbonyl (C=O) groups is 2. The van der Waals surface area contributed by atoms with E-state index in [2.05, 4.69) is 23.6 Å². The molecule has 4 saturated carbocycles. The monoisotopic (exact) mass is 584 g/mol. The standard InChI is InChI=1S/C36H60N2O4/c1-24(39)41-31-21-25-13-14-26-27(36(25,6)23-30(31)38-19-11-8-12-20-38)15-16-35(5)28(26)22-29(37-17-9-7-10-18-37)32(35)42-33(40)34(2,3)4/h25-32H,7-23H2,1-6H3/t25?,26-,27-,28+,29?,30?,31?,32?,35+,36+/m1/s1. The molecule has 0 aromatic rings. The van der Waals surface area contributed by atoms with Crippen molar-refractivity contribution in [3.8, 4) is 0 Å². The Morgan fingerprint density at radius 1 is 0.738 bits per heavy atom. The van der Waals surface area contributed by atoms with Crippen LogP contribution in [0.15, 0.2) is 0 Å². The molecule has 0 amide bonds. The Balaban J connectivity index is 1.28. The SMILES string of the molecule is CC(=O)OC1CC2CC[C@@H]3[C@@H](CC[C@]4(C)C(OC(=O)C(C)(C)C)C(N5CCCCC5)C[C@@H]34)[C@@]2(C)CC1N1CCCCC1. The Morgan fingerprint density at radius 3 is 1.95 bits per heavy atom. The van der Waals surface area contributed by atoms with Gasteiger partial charge in [0.2, 0.25) is 0 Å². The van der Waals surface area contributed by atoms with Gasteiger partial charge in [-0.15, -0.1) is 0 Å². The van der Waals surface area contributed by atoms with Gasteiger partial charge in [0.1, 0.15) is 12.2 Å². The van der Waals surface area contributed by atoms with Crippen molar-refractivity contribution in [2.45, 2.75) is 149 Å². The Kier molecular flexibility index (Phi) is 8.57. The maximum Gasteiger partial charge on any atom is 0.311 e. The molecule has 0 aromatic carbocycles. The molecular formula is C36H60N2O4. The molecule has 0 spiro atoms. The molecule has 10 atom stereocenters. The lowest BCUT2D eigenvalue weighted by Crippen LogP contribution is -2.61. The molecule has 4 aliphatic carbocycles. The normalized spacial score (nSPS) is 44.9. The number of likely N-dealkylation sites (tertiary alicyclic amines) is 2. The Morgan fingerprint density at radius 2 is 1.36 bits per heavy atom. The number of carbonyl (C=O) groups excluding carboxylic acids is 2. The predicted molar refractivity (Wildman–Crippen MR) is 166 cm³/mol. The molecule has 238 valence electrons. The van der Waals surface area contributed by atoms with Crippen molar-refractivity contribution in [2.24, 2.45) is 39.9 Å². The quantitative estimate of drug-likeness (QED) is 0.337. The molecule has 2 heterocycles. The zero-order valence-electron chi connectivity index (χ0n) is 27.7. The molecule has 0 N–H and O–H groups in total. The van der Waals surface area contributed by atoms with Crippen LogP contribution in [0.2, 0.25) is 0 Å². The van der Waals surface area contributed by atoms with Crippen molar-refractivity contribution < 1.29 is 19.1 Å². The molecule has 5 unspecified atom stereocenters. The minimum absolute atomic E-state index is 0.000365. The fourth-order valence-corrected chi connectivity index (χ4v) is 11.3. The Hall–Kier alpha value is -1.14. The molecule has 0 radical (unpaired) electrons. The zero-order chi connectivity index (χ0) is 29.9. The molecule has 6 rings (SSSR count). The minimum atomic E-state index is -0.478. The van der Waals surface area contributed by atoms with E-state index in [4.69, 9.17) is 9.47 Å². The van der Waals surface area contributed by atoms with E-state index in [-0.39, 0.29) is 35.0 Å². The third kappa shape index (κ3) is 5.48. The summed E-state index contributed by atoms with van der Waals surface area (Å²) in [6.45, 7) is 17.3. The van der Waals surface area contributed by atoms with Crippen LogP contribution in [0.4, 0.5) is 0 Å². The summed E-state index contributed by atoms with van der Waals surface area (Å²) in [6.07, 6.45) is 16.1. The van der Waals surface area contributed by atoms with Crippen LogP contribution >= 0.6 is 0 Å². The van der Waals surface area contributed by atoms with E-state index in [1.54, 1.807) is 6.92 Å². The molecule has 2 aliphatic heterocycles. The summed E-state index contributed by atoms with van der Waals surface area (Å²) in [5, 5.41) is 0. The number of ether oxygens (including phenoxy) is 2. The van der Waals surface area contributed by atoms with Gasteiger partial charge in [0.05, 0.1) is 5.41 Å². The smallest absolute Gasteiger partial charge is 0.311 e. The van der Waals surface area contributed by atoms with Crippen molar-refractivity contribution in [3.05, 3.63) is 0 Å². The molecule has 6 heteroatoms. The Bertz CT molecular complexity index is 997. The number of esters is 2. The molecule has 6 aliphatic rings. The molecular weight excluding hydrogens is 524 g/mol. The maximum absolute atomic E-state index is 13.4. The largest absolute Gasteiger partial charge is 0.461 e. The van der Waals surface area contributed by atoms with Crippen LogP contribution in [-0.2, 0) is 19.1 Å². The summed E-state index contributed by atoms with van der Waals surface area (Å²) in [5.41, 5.74) is -0.147. The van der Waals surface area contributed by atoms with Gasteiger partial charge >= 0.3 is 11.9 Å². The zero-order valence-corrected chi connectivity index (χ0v) is 27.7. The average molecular weight is 585 g/mol. The van der Waals surface area contributed by atoms with Crippen molar-refractivity contribution in [1.82, 2.24) is 9.80 Å². The van der Waals surface area contributed by atoms with Gasteiger partial charge in [-0.1, -0.05) is 26.7 Å². The van der Waals surface area contributed by atoms with Gasteiger partial charge < -0.3 is 9.47 Å². The number of hydrogen-bond donors (Lipinski definition) is 0. The predicted octanol–water partition coefficient (Wildman–Crippen LogP) is 6.85. The van der Waals surface area contributed by atoms with Gasteiger partial charge in [0, 0.05) is 24.4 Å². The first-order chi connectivity index (χ1) is 19.9. The number of piperidine rings is 2. The van der Waals surface area contributed by atoms with Gasteiger partial charge in [-0.25, -0.2) is 0 Å². The second kappa shape index (κ2) is 11.7. The van der Waals surface area contributed by atoms with Crippen LogP contribution < -0.4 is 0 Å². The summed E-state index contributed by atoms with van der Waals surface area (Å²) >= 11 is 0. The highest BCUT2D eigenvalue weighted by molar-refractivity contribution is 5.75. The van der Waals surface area contributed by atoms with Gasteiger partial charge in [0.15, 0.2) is 0 Å². The lowest BCUT2D eigenvalue weighted by atomic mass is 9.44. The minimum Gasteiger partial charge on any atom is -0.461 e.